The summed E-state index contributed by atoms with van der Waals surface area (Å²) in [4.78, 5) is 13.5. The molecule has 1 fully saturated rings. The molecule has 98 valence electrons. The van der Waals surface area contributed by atoms with E-state index in [1.165, 1.54) is 22.1 Å². The fourth-order valence-electron chi connectivity index (χ4n) is 2.01. The van der Waals surface area contributed by atoms with E-state index in [4.69, 9.17) is 4.98 Å². The van der Waals surface area contributed by atoms with Crippen LogP contribution < -0.4 is 5.32 Å². The third-order valence-electron chi connectivity index (χ3n) is 3.12. The molecule has 1 saturated carbocycles. The lowest BCUT2D eigenvalue weighted by Crippen LogP contribution is -2.07. The SMILES string of the molecule is CCNc1nc(-c2ccncc2)nc(C2CC2)c1I. The van der Waals surface area contributed by atoms with Crippen molar-refractivity contribution in [1.82, 2.24) is 15.0 Å². The maximum atomic E-state index is 4.76. The lowest BCUT2D eigenvalue weighted by Gasteiger charge is -2.11. The highest BCUT2D eigenvalue weighted by atomic mass is 127. The maximum absolute atomic E-state index is 4.76. The summed E-state index contributed by atoms with van der Waals surface area (Å²) in [5.41, 5.74) is 2.21. The molecule has 3 rings (SSSR count). The molecule has 0 saturated heterocycles. The van der Waals surface area contributed by atoms with E-state index in [1.807, 2.05) is 12.1 Å². The molecule has 1 aliphatic rings. The second kappa shape index (κ2) is 5.40. The highest BCUT2D eigenvalue weighted by molar-refractivity contribution is 14.1. The third-order valence-corrected chi connectivity index (χ3v) is 4.19. The smallest absolute Gasteiger partial charge is 0.161 e. The topological polar surface area (TPSA) is 50.7 Å². The molecule has 1 aliphatic carbocycles. The van der Waals surface area contributed by atoms with Crippen LogP contribution in [0.3, 0.4) is 0 Å². The molecule has 19 heavy (non-hydrogen) atoms. The number of nitrogens with zero attached hydrogens (tertiary/aromatic N) is 3. The first-order chi connectivity index (χ1) is 9.29. The van der Waals surface area contributed by atoms with Gasteiger partial charge in [-0.25, -0.2) is 9.97 Å². The summed E-state index contributed by atoms with van der Waals surface area (Å²) in [6.45, 7) is 2.95. The molecule has 1 N–H and O–H groups in total. The number of halogens is 1. The standard InChI is InChI=1S/C14H15IN4/c1-2-17-14-11(15)12(9-3-4-9)18-13(19-14)10-5-7-16-8-6-10/h5-9H,2-4H2,1H3,(H,17,18,19). The minimum atomic E-state index is 0.618. The van der Waals surface area contributed by atoms with E-state index >= 15 is 0 Å². The van der Waals surface area contributed by atoms with E-state index in [9.17, 15) is 0 Å². The summed E-state index contributed by atoms with van der Waals surface area (Å²) in [6, 6.07) is 3.91. The average molecular weight is 366 g/mol. The van der Waals surface area contributed by atoms with Crippen LogP contribution in [0.15, 0.2) is 24.5 Å². The Bertz CT molecular complexity index is 581. The fraction of sp³-hybridized carbons (Fsp3) is 0.357. The molecule has 4 nitrogen and oxygen atoms in total. The van der Waals surface area contributed by atoms with Crippen LogP contribution in [0, 0.1) is 3.57 Å². The molecule has 0 aromatic carbocycles. The highest BCUT2D eigenvalue weighted by Crippen LogP contribution is 2.42. The first-order valence-electron chi connectivity index (χ1n) is 6.51. The fourth-order valence-corrected chi connectivity index (χ4v) is 2.88. The number of rotatable bonds is 4. The lowest BCUT2D eigenvalue weighted by molar-refractivity contribution is 0.972. The van der Waals surface area contributed by atoms with Crippen molar-refractivity contribution in [1.29, 1.82) is 0 Å². The van der Waals surface area contributed by atoms with Crippen molar-refractivity contribution in [3.8, 4) is 11.4 Å². The van der Waals surface area contributed by atoms with Crippen molar-refractivity contribution in [2.75, 3.05) is 11.9 Å². The molecule has 0 aliphatic heterocycles. The Labute approximate surface area is 126 Å². The highest BCUT2D eigenvalue weighted by Gasteiger charge is 2.29. The Hall–Kier alpha value is -1.24. The van der Waals surface area contributed by atoms with Crippen LogP contribution in [0.4, 0.5) is 5.82 Å². The van der Waals surface area contributed by atoms with Crippen LogP contribution in [-0.2, 0) is 0 Å². The largest absolute Gasteiger partial charge is 0.369 e. The van der Waals surface area contributed by atoms with Gasteiger partial charge in [0.1, 0.15) is 5.82 Å². The zero-order valence-electron chi connectivity index (χ0n) is 10.7. The molecule has 0 radical (unpaired) electrons. The van der Waals surface area contributed by atoms with Gasteiger partial charge in [0.25, 0.3) is 0 Å². The van der Waals surface area contributed by atoms with Crippen molar-refractivity contribution in [2.24, 2.45) is 0 Å². The molecular weight excluding hydrogens is 351 g/mol. The van der Waals surface area contributed by atoms with Gasteiger partial charge in [-0.1, -0.05) is 0 Å². The Balaban J connectivity index is 2.09. The van der Waals surface area contributed by atoms with E-state index in [-0.39, 0.29) is 0 Å². The summed E-state index contributed by atoms with van der Waals surface area (Å²) < 4.78 is 1.17. The van der Waals surface area contributed by atoms with Crippen molar-refractivity contribution in [3.05, 3.63) is 33.8 Å². The molecule has 0 bridgehead atoms. The zero-order valence-corrected chi connectivity index (χ0v) is 12.9. The Morgan fingerprint density at radius 2 is 2.00 bits per heavy atom. The predicted octanol–water partition coefficient (Wildman–Crippen LogP) is 3.45. The van der Waals surface area contributed by atoms with Crippen LogP contribution in [0.1, 0.15) is 31.4 Å². The number of nitrogens with one attached hydrogen (secondary N) is 1. The molecule has 0 amide bonds. The molecule has 2 aromatic rings. The number of aromatic nitrogens is 3. The van der Waals surface area contributed by atoms with Gasteiger partial charge in [-0.15, -0.1) is 0 Å². The number of hydrogen-bond acceptors (Lipinski definition) is 4. The monoisotopic (exact) mass is 366 g/mol. The Kier molecular flexibility index (Phi) is 3.63. The Morgan fingerprint density at radius 1 is 1.26 bits per heavy atom. The zero-order chi connectivity index (χ0) is 13.2. The summed E-state index contributed by atoms with van der Waals surface area (Å²) >= 11 is 2.36. The average Bonchev–Trinajstić information content (AvgIpc) is 3.27. The van der Waals surface area contributed by atoms with Gasteiger partial charge in [-0.05, 0) is 54.5 Å². The van der Waals surface area contributed by atoms with E-state index in [1.54, 1.807) is 12.4 Å². The minimum Gasteiger partial charge on any atom is -0.369 e. The van der Waals surface area contributed by atoms with Gasteiger partial charge >= 0.3 is 0 Å². The van der Waals surface area contributed by atoms with E-state index in [0.29, 0.717) is 5.92 Å². The van der Waals surface area contributed by atoms with Gasteiger partial charge in [0.2, 0.25) is 0 Å². The van der Waals surface area contributed by atoms with Crippen molar-refractivity contribution in [3.63, 3.8) is 0 Å². The number of anilines is 1. The quantitative estimate of drug-likeness (QED) is 0.843. The Morgan fingerprint density at radius 3 is 2.63 bits per heavy atom. The van der Waals surface area contributed by atoms with Crippen molar-refractivity contribution < 1.29 is 0 Å². The van der Waals surface area contributed by atoms with E-state index < -0.39 is 0 Å². The van der Waals surface area contributed by atoms with Crippen LogP contribution in [0.5, 0.6) is 0 Å². The summed E-state index contributed by atoms with van der Waals surface area (Å²) in [6.07, 6.45) is 6.05. The molecule has 2 heterocycles. The van der Waals surface area contributed by atoms with Crippen LogP contribution in [-0.4, -0.2) is 21.5 Å². The first-order valence-corrected chi connectivity index (χ1v) is 7.59. The van der Waals surface area contributed by atoms with Crippen LogP contribution in [0.2, 0.25) is 0 Å². The maximum Gasteiger partial charge on any atom is 0.161 e. The summed E-state index contributed by atoms with van der Waals surface area (Å²) in [5.74, 6) is 2.36. The molecular formula is C14H15IN4. The van der Waals surface area contributed by atoms with Gasteiger partial charge in [0.05, 0.1) is 9.26 Å². The molecule has 0 spiro atoms. The predicted molar refractivity (Wildman–Crippen MR) is 84.1 cm³/mol. The van der Waals surface area contributed by atoms with Gasteiger partial charge in [-0.2, -0.15) is 0 Å². The van der Waals surface area contributed by atoms with Gasteiger partial charge in [0, 0.05) is 30.4 Å². The summed E-state index contributed by atoms with van der Waals surface area (Å²) in [7, 11) is 0. The van der Waals surface area contributed by atoms with Gasteiger partial charge < -0.3 is 5.32 Å². The summed E-state index contributed by atoms with van der Waals surface area (Å²) in [5, 5.41) is 3.33. The van der Waals surface area contributed by atoms with E-state index in [0.717, 1.165) is 23.8 Å². The molecule has 5 heteroatoms. The first kappa shape index (κ1) is 12.8. The van der Waals surface area contributed by atoms with Crippen LogP contribution >= 0.6 is 22.6 Å². The van der Waals surface area contributed by atoms with Gasteiger partial charge in [0.15, 0.2) is 5.82 Å². The molecule has 0 atom stereocenters. The lowest BCUT2D eigenvalue weighted by atomic mass is 10.2. The van der Waals surface area contributed by atoms with Crippen LogP contribution in [0.25, 0.3) is 11.4 Å². The van der Waals surface area contributed by atoms with Crippen molar-refractivity contribution >= 4 is 28.4 Å². The third kappa shape index (κ3) is 2.70. The number of hydrogen-bond donors (Lipinski definition) is 1. The number of pyridine rings is 1. The minimum absolute atomic E-state index is 0.618. The second-order valence-corrected chi connectivity index (χ2v) is 5.71. The molecule has 0 unspecified atom stereocenters. The molecule has 2 aromatic heterocycles. The van der Waals surface area contributed by atoms with E-state index in [2.05, 4.69) is 44.8 Å². The second-order valence-electron chi connectivity index (χ2n) is 4.64. The van der Waals surface area contributed by atoms with Crippen molar-refractivity contribution in [2.45, 2.75) is 25.7 Å². The normalized spacial score (nSPS) is 14.4. The van der Waals surface area contributed by atoms with Gasteiger partial charge in [-0.3, -0.25) is 4.98 Å².